The fourth-order valence-corrected chi connectivity index (χ4v) is 3.28. The molecule has 4 amide bonds. The fraction of sp³-hybridized carbons (Fsp3) is 0.200. The number of fused-ring (bicyclic) bond motifs is 2. The fourth-order valence-electron chi connectivity index (χ4n) is 3.28. The molecule has 2 heterocycles. The van der Waals surface area contributed by atoms with Crippen molar-refractivity contribution in [2.45, 2.75) is 13.2 Å². The van der Waals surface area contributed by atoms with E-state index in [-0.39, 0.29) is 36.8 Å². The summed E-state index contributed by atoms with van der Waals surface area (Å²) >= 11 is 0. The van der Waals surface area contributed by atoms with Gasteiger partial charge in [-0.05, 0) is 35.4 Å². The van der Waals surface area contributed by atoms with Crippen molar-refractivity contribution in [1.82, 2.24) is 9.80 Å². The van der Waals surface area contributed by atoms with E-state index in [1.165, 1.54) is 14.1 Å². The summed E-state index contributed by atoms with van der Waals surface area (Å²) in [5.41, 5.74) is 3.12. The van der Waals surface area contributed by atoms with E-state index >= 15 is 0 Å². The van der Waals surface area contributed by atoms with Crippen LogP contribution in [0.15, 0.2) is 36.4 Å². The van der Waals surface area contributed by atoms with Gasteiger partial charge in [0.25, 0.3) is 23.6 Å². The first kappa shape index (κ1) is 17.1. The Morgan fingerprint density at radius 1 is 0.630 bits per heavy atom. The van der Waals surface area contributed by atoms with Crippen LogP contribution in [0.2, 0.25) is 0 Å². The summed E-state index contributed by atoms with van der Waals surface area (Å²) in [7, 11) is 2.91. The third-order valence-electron chi connectivity index (χ3n) is 4.85. The lowest BCUT2D eigenvalue weighted by Crippen LogP contribution is -2.24. The normalized spacial score (nSPS) is 15.6. The first-order valence-electron chi connectivity index (χ1n) is 8.37. The number of amides is 4. The van der Waals surface area contributed by atoms with Crippen molar-refractivity contribution >= 4 is 23.6 Å². The summed E-state index contributed by atoms with van der Waals surface area (Å²) in [6.07, 6.45) is 0. The van der Waals surface area contributed by atoms with Crippen LogP contribution in [0, 0.1) is 0 Å². The van der Waals surface area contributed by atoms with Crippen LogP contribution in [-0.4, -0.2) is 47.5 Å². The van der Waals surface area contributed by atoms with Gasteiger partial charge in [-0.2, -0.15) is 0 Å². The molecule has 0 N–H and O–H groups in total. The summed E-state index contributed by atoms with van der Waals surface area (Å²) in [6.45, 7) is 0.505. The minimum absolute atomic E-state index is 0.252. The largest absolute Gasteiger partial charge is 0.372 e. The van der Waals surface area contributed by atoms with Gasteiger partial charge in [-0.15, -0.1) is 0 Å². The second-order valence-electron chi connectivity index (χ2n) is 6.59. The molecular formula is C20H16N2O5. The van der Waals surface area contributed by atoms with Crippen LogP contribution in [0.25, 0.3) is 0 Å². The number of imide groups is 2. The summed E-state index contributed by atoms with van der Waals surface area (Å²) in [6, 6.07) is 10.1. The molecule has 27 heavy (non-hydrogen) atoms. The monoisotopic (exact) mass is 364 g/mol. The number of hydrogen-bond acceptors (Lipinski definition) is 5. The van der Waals surface area contributed by atoms with Crippen molar-refractivity contribution in [2.24, 2.45) is 0 Å². The number of rotatable bonds is 4. The average molecular weight is 364 g/mol. The zero-order valence-corrected chi connectivity index (χ0v) is 14.8. The quantitative estimate of drug-likeness (QED) is 0.773. The van der Waals surface area contributed by atoms with Gasteiger partial charge in [0.2, 0.25) is 0 Å². The number of hydrogen-bond donors (Lipinski definition) is 0. The smallest absolute Gasteiger partial charge is 0.261 e. The highest BCUT2D eigenvalue weighted by molar-refractivity contribution is 6.21. The molecule has 0 saturated carbocycles. The van der Waals surface area contributed by atoms with Crippen LogP contribution in [0.4, 0.5) is 0 Å². The number of nitrogens with zero attached hydrogens (tertiary/aromatic N) is 2. The molecule has 7 nitrogen and oxygen atoms in total. The van der Waals surface area contributed by atoms with Gasteiger partial charge >= 0.3 is 0 Å². The third-order valence-corrected chi connectivity index (χ3v) is 4.85. The molecule has 0 saturated heterocycles. The van der Waals surface area contributed by atoms with E-state index < -0.39 is 0 Å². The predicted molar refractivity (Wildman–Crippen MR) is 94.2 cm³/mol. The van der Waals surface area contributed by atoms with Gasteiger partial charge in [0.05, 0.1) is 35.5 Å². The van der Waals surface area contributed by atoms with Gasteiger partial charge < -0.3 is 4.74 Å². The lowest BCUT2D eigenvalue weighted by Gasteiger charge is -2.07. The van der Waals surface area contributed by atoms with Crippen LogP contribution >= 0.6 is 0 Å². The van der Waals surface area contributed by atoms with Crippen LogP contribution in [-0.2, 0) is 18.0 Å². The van der Waals surface area contributed by atoms with Gasteiger partial charge in [0.1, 0.15) is 0 Å². The second kappa shape index (κ2) is 6.14. The highest BCUT2D eigenvalue weighted by Gasteiger charge is 2.33. The maximum Gasteiger partial charge on any atom is 0.261 e. The Morgan fingerprint density at radius 3 is 1.41 bits per heavy atom. The van der Waals surface area contributed by atoms with E-state index in [0.717, 1.165) is 20.9 Å². The Labute approximate surface area is 155 Å². The van der Waals surface area contributed by atoms with Gasteiger partial charge in [0, 0.05) is 14.1 Å². The van der Waals surface area contributed by atoms with Gasteiger partial charge in [-0.25, -0.2) is 0 Å². The zero-order chi connectivity index (χ0) is 19.3. The van der Waals surface area contributed by atoms with Crippen molar-refractivity contribution in [3.8, 4) is 0 Å². The molecule has 0 aliphatic carbocycles. The molecule has 136 valence electrons. The highest BCUT2D eigenvalue weighted by atomic mass is 16.5. The van der Waals surface area contributed by atoms with Crippen molar-refractivity contribution < 1.29 is 23.9 Å². The number of benzene rings is 2. The van der Waals surface area contributed by atoms with Crippen molar-refractivity contribution in [1.29, 1.82) is 0 Å². The summed E-state index contributed by atoms with van der Waals surface area (Å²) in [5, 5.41) is 0. The van der Waals surface area contributed by atoms with Gasteiger partial charge in [-0.1, -0.05) is 12.1 Å². The molecule has 0 fully saturated rings. The lowest BCUT2D eigenvalue weighted by atomic mass is 10.1. The van der Waals surface area contributed by atoms with Crippen LogP contribution in [0.3, 0.4) is 0 Å². The second-order valence-corrected chi connectivity index (χ2v) is 6.59. The van der Waals surface area contributed by atoms with Gasteiger partial charge in [-0.3, -0.25) is 29.0 Å². The van der Waals surface area contributed by atoms with Crippen LogP contribution in [0.1, 0.15) is 52.6 Å². The Bertz CT molecular complexity index is 946. The number of ether oxygens (including phenoxy) is 1. The minimum atomic E-state index is -0.317. The van der Waals surface area contributed by atoms with Crippen LogP contribution < -0.4 is 0 Å². The first-order chi connectivity index (χ1) is 12.9. The topological polar surface area (TPSA) is 84.0 Å². The molecule has 2 aliphatic rings. The zero-order valence-electron chi connectivity index (χ0n) is 14.8. The Hall–Kier alpha value is -3.32. The van der Waals surface area contributed by atoms with E-state index in [2.05, 4.69) is 0 Å². The molecule has 7 heteroatoms. The van der Waals surface area contributed by atoms with E-state index in [4.69, 9.17) is 4.74 Å². The lowest BCUT2D eigenvalue weighted by molar-refractivity contribution is 0.0677. The first-order valence-corrected chi connectivity index (χ1v) is 8.37. The van der Waals surface area contributed by atoms with E-state index in [0.29, 0.717) is 22.3 Å². The Morgan fingerprint density at radius 2 is 1.00 bits per heavy atom. The van der Waals surface area contributed by atoms with Crippen LogP contribution in [0.5, 0.6) is 0 Å². The molecule has 2 aromatic rings. The van der Waals surface area contributed by atoms with Crippen molar-refractivity contribution in [3.05, 3.63) is 69.8 Å². The Kier molecular flexibility index (Phi) is 3.89. The minimum Gasteiger partial charge on any atom is -0.372 e. The van der Waals surface area contributed by atoms with Crippen molar-refractivity contribution in [3.63, 3.8) is 0 Å². The molecule has 0 radical (unpaired) electrons. The highest BCUT2D eigenvalue weighted by Crippen LogP contribution is 2.24. The SMILES string of the molecule is CN1C(=O)c2ccc(COCc3ccc4c(c3)C(=O)N(C)C4=O)cc2C1=O. The average Bonchev–Trinajstić information content (AvgIpc) is 3.02. The molecule has 2 aliphatic heterocycles. The maximum atomic E-state index is 12.0. The predicted octanol–water partition coefficient (Wildman–Crippen LogP) is 1.85. The van der Waals surface area contributed by atoms with Crippen molar-refractivity contribution in [2.75, 3.05) is 14.1 Å². The number of carbonyl (C=O) groups excluding carboxylic acids is 4. The molecular weight excluding hydrogens is 348 g/mol. The maximum absolute atomic E-state index is 12.0. The molecule has 0 atom stereocenters. The Balaban J connectivity index is 1.45. The third kappa shape index (κ3) is 2.63. The molecule has 4 rings (SSSR count). The standard InChI is InChI=1S/C20H16N2O5/c1-21-17(23)13-5-3-11(7-15(13)19(21)25)9-27-10-12-4-6-14-16(8-12)20(26)22(2)18(14)24/h3-8H,9-10H2,1-2H3. The number of carbonyl (C=O) groups is 4. The summed E-state index contributed by atoms with van der Waals surface area (Å²) < 4.78 is 5.68. The molecule has 0 bridgehead atoms. The summed E-state index contributed by atoms with van der Waals surface area (Å²) in [4.78, 5) is 50.1. The molecule has 0 aromatic heterocycles. The van der Waals surface area contributed by atoms with Gasteiger partial charge in [0.15, 0.2) is 0 Å². The molecule has 0 spiro atoms. The molecule has 0 unspecified atom stereocenters. The molecule has 2 aromatic carbocycles. The van der Waals surface area contributed by atoms with E-state index in [9.17, 15) is 19.2 Å². The van der Waals surface area contributed by atoms with E-state index in [1.54, 1.807) is 36.4 Å². The summed E-state index contributed by atoms with van der Waals surface area (Å²) in [5.74, 6) is -1.24. The van der Waals surface area contributed by atoms with E-state index in [1.807, 2.05) is 0 Å².